The van der Waals surface area contributed by atoms with Gasteiger partial charge >= 0.3 is 6.03 Å². The summed E-state index contributed by atoms with van der Waals surface area (Å²) in [7, 11) is 2.18. The number of nitrogens with one attached hydrogen (secondary N) is 1. The van der Waals surface area contributed by atoms with Gasteiger partial charge in [0.25, 0.3) is 0 Å². The van der Waals surface area contributed by atoms with Crippen LogP contribution < -0.4 is 10.2 Å². The first-order chi connectivity index (χ1) is 15.1. The van der Waals surface area contributed by atoms with Crippen molar-refractivity contribution in [1.82, 2.24) is 20.0 Å². The number of likely N-dealkylation sites (N-methyl/N-ethyl adjacent to an activating group) is 1. The minimum atomic E-state index is -0.0166. The highest BCUT2D eigenvalue weighted by atomic mass is 16.3. The lowest BCUT2D eigenvalue weighted by Gasteiger charge is -2.36. The predicted molar refractivity (Wildman–Crippen MR) is 123 cm³/mol. The molecule has 31 heavy (non-hydrogen) atoms. The fourth-order valence-corrected chi connectivity index (χ4v) is 4.17. The van der Waals surface area contributed by atoms with Crippen LogP contribution >= 0.6 is 0 Å². The summed E-state index contributed by atoms with van der Waals surface area (Å²) in [5.74, 6) is 0.271. The molecule has 2 fully saturated rings. The van der Waals surface area contributed by atoms with E-state index >= 15 is 0 Å². The van der Waals surface area contributed by atoms with Gasteiger partial charge in [-0.25, -0.2) is 4.79 Å². The minimum Gasteiger partial charge on any atom is -0.508 e. The number of hydrogen-bond acceptors (Lipinski definition) is 5. The van der Waals surface area contributed by atoms with Crippen LogP contribution in [0.25, 0.3) is 0 Å². The molecule has 2 N–H and O–H groups in total. The summed E-state index contributed by atoms with van der Waals surface area (Å²) in [6.07, 6.45) is 0. The van der Waals surface area contributed by atoms with E-state index in [1.807, 2.05) is 17.0 Å². The molecule has 7 nitrogen and oxygen atoms in total. The summed E-state index contributed by atoms with van der Waals surface area (Å²) in [6.45, 7) is 8.90. The number of carbonyl (C=O) groups excluding carboxylic acids is 1. The molecule has 0 bridgehead atoms. The van der Waals surface area contributed by atoms with E-state index in [4.69, 9.17) is 0 Å². The fourth-order valence-electron chi connectivity index (χ4n) is 4.17. The normalized spacial score (nSPS) is 18.2. The average molecular weight is 424 g/mol. The number of piperazine rings is 2. The van der Waals surface area contributed by atoms with E-state index in [1.165, 1.54) is 5.56 Å². The van der Waals surface area contributed by atoms with Crippen LogP contribution in [-0.4, -0.2) is 85.2 Å². The molecule has 166 valence electrons. The van der Waals surface area contributed by atoms with Crippen LogP contribution in [0.4, 0.5) is 10.5 Å². The highest BCUT2D eigenvalue weighted by Crippen LogP contribution is 2.21. The van der Waals surface area contributed by atoms with Gasteiger partial charge in [0.1, 0.15) is 5.75 Å². The molecular formula is C24H33N5O2. The number of amides is 2. The fraction of sp³-hybridized carbons (Fsp3) is 0.458. The second-order valence-electron chi connectivity index (χ2n) is 8.55. The highest BCUT2D eigenvalue weighted by molar-refractivity contribution is 5.74. The third-order valence-corrected chi connectivity index (χ3v) is 6.23. The first kappa shape index (κ1) is 21.5. The van der Waals surface area contributed by atoms with Gasteiger partial charge in [0.05, 0.1) is 0 Å². The van der Waals surface area contributed by atoms with Crippen LogP contribution in [-0.2, 0) is 13.1 Å². The molecule has 2 aromatic carbocycles. The molecule has 0 saturated carbocycles. The van der Waals surface area contributed by atoms with Crippen molar-refractivity contribution in [3.05, 3.63) is 59.7 Å². The maximum atomic E-state index is 12.6. The topological polar surface area (TPSA) is 62.3 Å². The minimum absolute atomic E-state index is 0.0166. The summed E-state index contributed by atoms with van der Waals surface area (Å²) in [6, 6.07) is 15.8. The first-order valence-corrected chi connectivity index (χ1v) is 11.1. The second-order valence-corrected chi connectivity index (χ2v) is 8.55. The Labute approximate surface area is 184 Å². The van der Waals surface area contributed by atoms with Crippen molar-refractivity contribution in [2.45, 2.75) is 13.1 Å². The van der Waals surface area contributed by atoms with Crippen LogP contribution in [0.2, 0.25) is 0 Å². The standard InChI is InChI=1S/C24H33N5O2/c1-26-9-11-27(12-10-26)19-21-7-5-20(6-8-21)18-25-24(31)29-15-13-28(14-16-29)22-3-2-4-23(30)17-22/h2-8,17,30H,9-16,18-19H2,1H3,(H,25,31). The second kappa shape index (κ2) is 10.0. The Balaban J connectivity index is 1.20. The Morgan fingerprint density at radius 1 is 0.903 bits per heavy atom. The maximum Gasteiger partial charge on any atom is 0.317 e. The molecule has 7 heteroatoms. The van der Waals surface area contributed by atoms with E-state index in [2.05, 4.69) is 51.3 Å². The Hall–Kier alpha value is -2.77. The number of nitrogens with zero attached hydrogens (tertiary/aromatic N) is 4. The van der Waals surface area contributed by atoms with Gasteiger partial charge in [0.2, 0.25) is 0 Å². The van der Waals surface area contributed by atoms with E-state index in [0.29, 0.717) is 19.6 Å². The first-order valence-electron chi connectivity index (χ1n) is 11.1. The molecule has 2 saturated heterocycles. The molecule has 4 rings (SSSR count). The number of urea groups is 1. The van der Waals surface area contributed by atoms with E-state index in [1.54, 1.807) is 12.1 Å². The summed E-state index contributed by atoms with van der Waals surface area (Å²) in [4.78, 5) is 21.5. The Bertz CT molecular complexity index is 857. The molecule has 2 aliphatic heterocycles. The van der Waals surface area contributed by atoms with Gasteiger partial charge in [-0.1, -0.05) is 30.3 Å². The molecule has 0 radical (unpaired) electrons. The van der Waals surface area contributed by atoms with Crippen molar-refractivity contribution in [2.24, 2.45) is 0 Å². The Morgan fingerprint density at radius 3 is 2.26 bits per heavy atom. The van der Waals surface area contributed by atoms with Crippen LogP contribution in [0.3, 0.4) is 0 Å². The zero-order chi connectivity index (χ0) is 21.6. The van der Waals surface area contributed by atoms with E-state index in [9.17, 15) is 9.90 Å². The maximum absolute atomic E-state index is 12.6. The quantitative estimate of drug-likeness (QED) is 0.772. The lowest BCUT2D eigenvalue weighted by Crippen LogP contribution is -2.51. The lowest BCUT2D eigenvalue weighted by molar-refractivity contribution is 0.148. The van der Waals surface area contributed by atoms with E-state index in [-0.39, 0.29) is 11.8 Å². The van der Waals surface area contributed by atoms with Crippen molar-refractivity contribution in [2.75, 3.05) is 64.3 Å². The van der Waals surface area contributed by atoms with Crippen molar-refractivity contribution in [1.29, 1.82) is 0 Å². The number of aromatic hydroxyl groups is 1. The molecule has 0 atom stereocenters. The van der Waals surface area contributed by atoms with Crippen molar-refractivity contribution < 1.29 is 9.90 Å². The van der Waals surface area contributed by atoms with Crippen LogP contribution in [0.5, 0.6) is 5.75 Å². The molecular weight excluding hydrogens is 390 g/mol. The number of rotatable bonds is 5. The van der Waals surface area contributed by atoms with Crippen molar-refractivity contribution in [3.8, 4) is 5.75 Å². The van der Waals surface area contributed by atoms with Gasteiger partial charge in [0, 0.05) is 77.2 Å². The van der Waals surface area contributed by atoms with E-state index < -0.39 is 0 Å². The van der Waals surface area contributed by atoms with Crippen LogP contribution in [0.1, 0.15) is 11.1 Å². The van der Waals surface area contributed by atoms with Crippen LogP contribution in [0, 0.1) is 0 Å². The molecule has 0 aromatic heterocycles. The summed E-state index contributed by atoms with van der Waals surface area (Å²) in [5, 5.41) is 12.7. The highest BCUT2D eigenvalue weighted by Gasteiger charge is 2.21. The number of benzene rings is 2. The van der Waals surface area contributed by atoms with E-state index in [0.717, 1.165) is 57.1 Å². The molecule has 2 aromatic rings. The summed E-state index contributed by atoms with van der Waals surface area (Å²) >= 11 is 0. The average Bonchev–Trinajstić information content (AvgIpc) is 2.80. The summed E-state index contributed by atoms with van der Waals surface area (Å²) < 4.78 is 0. The zero-order valence-electron chi connectivity index (χ0n) is 18.3. The SMILES string of the molecule is CN1CCN(Cc2ccc(CNC(=O)N3CCN(c4cccc(O)c4)CC3)cc2)CC1. The molecule has 2 aliphatic rings. The smallest absolute Gasteiger partial charge is 0.317 e. The number of carbonyl (C=O) groups is 1. The largest absolute Gasteiger partial charge is 0.508 e. The third kappa shape index (κ3) is 5.89. The molecule has 0 spiro atoms. The number of phenolic OH excluding ortho intramolecular Hbond substituents is 1. The van der Waals surface area contributed by atoms with Gasteiger partial charge in [-0.15, -0.1) is 0 Å². The van der Waals surface area contributed by atoms with Crippen molar-refractivity contribution >= 4 is 11.7 Å². The lowest BCUT2D eigenvalue weighted by atomic mass is 10.1. The molecule has 2 amide bonds. The molecule has 0 unspecified atom stereocenters. The molecule has 0 aliphatic carbocycles. The Morgan fingerprint density at radius 2 is 1.58 bits per heavy atom. The van der Waals surface area contributed by atoms with Gasteiger partial charge < -0.3 is 25.1 Å². The van der Waals surface area contributed by atoms with Crippen LogP contribution in [0.15, 0.2) is 48.5 Å². The van der Waals surface area contributed by atoms with Gasteiger partial charge in [-0.3, -0.25) is 4.90 Å². The van der Waals surface area contributed by atoms with Gasteiger partial charge in [-0.2, -0.15) is 0 Å². The van der Waals surface area contributed by atoms with Gasteiger partial charge in [-0.05, 0) is 30.3 Å². The third-order valence-electron chi connectivity index (χ3n) is 6.23. The summed E-state index contributed by atoms with van der Waals surface area (Å²) in [5.41, 5.74) is 3.44. The monoisotopic (exact) mass is 423 g/mol. The zero-order valence-corrected chi connectivity index (χ0v) is 18.3. The Kier molecular flexibility index (Phi) is 6.94. The number of hydrogen-bond donors (Lipinski definition) is 2. The predicted octanol–water partition coefficient (Wildman–Crippen LogP) is 2.17. The number of phenols is 1. The van der Waals surface area contributed by atoms with Gasteiger partial charge in [0.15, 0.2) is 0 Å². The van der Waals surface area contributed by atoms with Crippen molar-refractivity contribution in [3.63, 3.8) is 0 Å². The number of anilines is 1. The molecule has 2 heterocycles.